The second kappa shape index (κ2) is 8.87. The number of carbonyl (C=O) groups is 3. The van der Waals surface area contributed by atoms with E-state index in [-0.39, 0.29) is 42.6 Å². The first-order valence-electron chi connectivity index (χ1n) is 11.8. The molecular weight excluding hydrogens is 492 g/mol. The summed E-state index contributed by atoms with van der Waals surface area (Å²) in [7, 11) is 0. The zero-order valence-corrected chi connectivity index (χ0v) is 19.5. The molecule has 2 aromatic carbocycles. The number of nitrogens with one attached hydrogen (secondary N) is 1. The van der Waals surface area contributed by atoms with Gasteiger partial charge in [-0.05, 0) is 61.6 Å². The smallest absolute Gasteiger partial charge is 0.353 e. The zero-order valence-electron chi connectivity index (χ0n) is 19.5. The van der Waals surface area contributed by atoms with Gasteiger partial charge in [-0.25, -0.2) is 4.39 Å². The number of carbonyl (C=O) groups excluding carboxylic acids is 3. The normalized spacial score (nSPS) is 23.6. The molecule has 7 nitrogen and oxygen atoms in total. The van der Waals surface area contributed by atoms with Gasteiger partial charge in [-0.2, -0.15) is 18.4 Å². The highest BCUT2D eigenvalue weighted by Gasteiger charge is 2.61. The predicted octanol–water partition coefficient (Wildman–Crippen LogP) is 3.52. The van der Waals surface area contributed by atoms with Crippen LogP contribution in [0.25, 0.3) is 0 Å². The van der Waals surface area contributed by atoms with Gasteiger partial charge in [0.1, 0.15) is 17.9 Å². The van der Waals surface area contributed by atoms with Gasteiger partial charge in [-0.1, -0.05) is 12.1 Å². The van der Waals surface area contributed by atoms with Gasteiger partial charge < -0.3 is 10.2 Å². The molecule has 2 aromatic rings. The van der Waals surface area contributed by atoms with Crippen molar-refractivity contribution in [3.05, 3.63) is 65.0 Å². The number of hydrogen-bond donors (Lipinski definition) is 1. The van der Waals surface area contributed by atoms with Crippen LogP contribution < -0.4 is 10.2 Å². The van der Waals surface area contributed by atoms with E-state index in [1.807, 2.05) is 6.07 Å². The number of nitrogens with zero attached hydrogens (tertiary/aromatic N) is 3. The topological polar surface area (TPSA) is 93.5 Å². The molecule has 2 aliphatic carbocycles. The van der Waals surface area contributed by atoms with Crippen molar-refractivity contribution in [2.75, 3.05) is 11.4 Å². The van der Waals surface area contributed by atoms with E-state index in [0.29, 0.717) is 5.56 Å². The van der Waals surface area contributed by atoms with Crippen LogP contribution in [0.15, 0.2) is 42.5 Å². The molecule has 0 bridgehead atoms. The van der Waals surface area contributed by atoms with Crippen LogP contribution in [0.5, 0.6) is 0 Å². The first kappa shape index (κ1) is 24.7. The van der Waals surface area contributed by atoms with Crippen molar-refractivity contribution >= 4 is 23.4 Å². The van der Waals surface area contributed by atoms with Crippen molar-refractivity contribution < 1.29 is 31.9 Å². The highest BCUT2D eigenvalue weighted by Crippen LogP contribution is 2.48. The van der Waals surface area contributed by atoms with Crippen molar-refractivity contribution in [2.45, 2.75) is 50.0 Å². The quantitative estimate of drug-likeness (QED) is 0.618. The van der Waals surface area contributed by atoms with Crippen LogP contribution in [0.2, 0.25) is 0 Å². The van der Waals surface area contributed by atoms with Crippen LogP contribution in [-0.4, -0.2) is 40.7 Å². The van der Waals surface area contributed by atoms with E-state index in [1.165, 1.54) is 29.2 Å². The van der Waals surface area contributed by atoms with Crippen LogP contribution in [0, 0.1) is 23.1 Å². The summed E-state index contributed by atoms with van der Waals surface area (Å²) >= 11 is 0. The van der Waals surface area contributed by atoms with Crippen LogP contribution in [0.4, 0.5) is 23.2 Å². The van der Waals surface area contributed by atoms with Crippen molar-refractivity contribution in [2.24, 2.45) is 5.92 Å². The monoisotopic (exact) mass is 514 g/mol. The Morgan fingerprint density at radius 3 is 2.35 bits per heavy atom. The van der Waals surface area contributed by atoms with Crippen molar-refractivity contribution in [3.8, 4) is 6.07 Å². The third-order valence-corrected chi connectivity index (χ3v) is 7.21. The molecule has 5 rings (SSSR count). The standard InChI is InChI=1S/C26H22F4N4O3/c27-20-9-16(12-31)3-8-21(20)33-14-22(35)34(13-15-1-4-18(5-2-15)26(28,29)30)25(24(33)37)10-17(11-25)23(36)32-19-6-7-19/h1-5,8-9,17,19H,6-7,10-11,13-14H2,(H,32,36). The number of amides is 3. The summed E-state index contributed by atoms with van der Waals surface area (Å²) in [6.07, 6.45) is -2.71. The first-order chi connectivity index (χ1) is 17.5. The summed E-state index contributed by atoms with van der Waals surface area (Å²) in [5.74, 6) is -2.68. The van der Waals surface area contributed by atoms with Crippen molar-refractivity contribution in [1.29, 1.82) is 5.26 Å². The maximum Gasteiger partial charge on any atom is 0.416 e. The highest BCUT2D eigenvalue weighted by molar-refractivity contribution is 6.10. The minimum Gasteiger partial charge on any atom is -0.353 e. The van der Waals surface area contributed by atoms with Crippen molar-refractivity contribution in [1.82, 2.24) is 10.2 Å². The molecule has 3 amide bonds. The second-order valence-electron chi connectivity index (χ2n) is 9.76. The minimum atomic E-state index is -4.52. The lowest BCUT2D eigenvalue weighted by molar-refractivity contribution is -0.165. The lowest BCUT2D eigenvalue weighted by Gasteiger charge is -2.56. The average molecular weight is 514 g/mol. The molecule has 1 N–H and O–H groups in total. The number of piperazine rings is 1. The van der Waals surface area contributed by atoms with Crippen LogP contribution in [-0.2, 0) is 27.1 Å². The number of halogens is 4. The Labute approximate surface area is 209 Å². The molecule has 37 heavy (non-hydrogen) atoms. The summed E-state index contributed by atoms with van der Waals surface area (Å²) in [5, 5.41) is 11.9. The molecule has 192 valence electrons. The summed E-state index contributed by atoms with van der Waals surface area (Å²) < 4.78 is 53.7. The molecular formula is C26H22F4N4O3. The van der Waals surface area contributed by atoms with Gasteiger partial charge >= 0.3 is 6.18 Å². The van der Waals surface area contributed by atoms with Crippen LogP contribution >= 0.6 is 0 Å². The van der Waals surface area contributed by atoms with E-state index in [0.717, 1.165) is 35.9 Å². The third kappa shape index (κ3) is 4.52. The van der Waals surface area contributed by atoms with Crippen molar-refractivity contribution in [3.63, 3.8) is 0 Å². The second-order valence-corrected chi connectivity index (χ2v) is 9.76. The molecule has 1 aliphatic heterocycles. The van der Waals surface area contributed by atoms with Gasteiger partial charge in [0, 0.05) is 18.5 Å². The Balaban J connectivity index is 1.44. The fourth-order valence-electron chi connectivity index (χ4n) is 4.99. The van der Waals surface area contributed by atoms with E-state index in [9.17, 15) is 31.9 Å². The molecule has 0 radical (unpaired) electrons. The fraction of sp³-hybridized carbons (Fsp3) is 0.385. The fourth-order valence-corrected chi connectivity index (χ4v) is 4.99. The van der Waals surface area contributed by atoms with Gasteiger partial charge in [0.15, 0.2) is 0 Å². The molecule has 1 saturated heterocycles. The van der Waals surface area contributed by atoms with Gasteiger partial charge in [0.05, 0.1) is 22.9 Å². The third-order valence-electron chi connectivity index (χ3n) is 7.21. The SMILES string of the molecule is N#Cc1ccc(N2CC(=O)N(Cc3ccc(C(F)(F)F)cc3)C3(CC(C(=O)NC4CC4)C3)C2=O)c(F)c1. The minimum absolute atomic E-state index is 0.0190. The summed E-state index contributed by atoms with van der Waals surface area (Å²) in [6.45, 7) is -0.619. The lowest BCUT2D eigenvalue weighted by atomic mass is 9.64. The summed E-state index contributed by atoms with van der Waals surface area (Å²) in [6, 6.07) is 9.80. The molecule has 0 atom stereocenters. The van der Waals surface area contributed by atoms with Gasteiger partial charge in [0.25, 0.3) is 5.91 Å². The molecule has 1 spiro atoms. The number of alkyl halides is 3. The number of rotatable bonds is 5. The zero-order chi connectivity index (χ0) is 26.5. The molecule has 2 saturated carbocycles. The summed E-state index contributed by atoms with van der Waals surface area (Å²) in [5.41, 5.74) is -2.00. The number of benzene rings is 2. The maximum absolute atomic E-state index is 14.8. The van der Waals surface area contributed by atoms with Gasteiger partial charge in [-0.3, -0.25) is 19.3 Å². The highest BCUT2D eigenvalue weighted by atomic mass is 19.4. The van der Waals surface area contributed by atoms with Gasteiger partial charge in [0.2, 0.25) is 11.8 Å². The predicted molar refractivity (Wildman–Crippen MR) is 122 cm³/mol. The Kier molecular flexibility index (Phi) is 5.93. The van der Waals surface area contributed by atoms with Crippen LogP contribution in [0.3, 0.4) is 0 Å². The maximum atomic E-state index is 14.8. The first-order valence-corrected chi connectivity index (χ1v) is 11.8. The van der Waals surface area contributed by atoms with E-state index in [1.54, 1.807) is 0 Å². The number of anilines is 1. The van der Waals surface area contributed by atoms with E-state index < -0.39 is 47.4 Å². The Morgan fingerprint density at radius 2 is 1.78 bits per heavy atom. The molecule has 0 aromatic heterocycles. The summed E-state index contributed by atoms with van der Waals surface area (Å²) in [4.78, 5) is 42.1. The molecule has 0 unspecified atom stereocenters. The largest absolute Gasteiger partial charge is 0.416 e. The molecule has 3 aliphatic rings. The molecule has 3 fully saturated rings. The van der Waals surface area contributed by atoms with Crippen LogP contribution in [0.1, 0.15) is 42.4 Å². The number of nitriles is 1. The Hall–Kier alpha value is -3.94. The molecule has 1 heterocycles. The molecule has 11 heteroatoms. The average Bonchev–Trinajstić information content (AvgIpc) is 3.64. The Morgan fingerprint density at radius 1 is 1.11 bits per heavy atom. The number of hydrogen-bond acceptors (Lipinski definition) is 4. The van der Waals surface area contributed by atoms with E-state index in [2.05, 4.69) is 5.32 Å². The Bertz CT molecular complexity index is 1310. The lowest BCUT2D eigenvalue weighted by Crippen LogP contribution is -2.73. The van der Waals surface area contributed by atoms with E-state index >= 15 is 0 Å². The van der Waals surface area contributed by atoms with E-state index in [4.69, 9.17) is 5.26 Å². The van der Waals surface area contributed by atoms with Gasteiger partial charge in [-0.15, -0.1) is 0 Å².